The SMILES string of the molecule is Cc1noc(C)c1CNC(C)c1ccc2[nH]c(=O)[nH]c2c1. The molecule has 21 heavy (non-hydrogen) atoms. The molecule has 0 amide bonds. The van der Waals surface area contributed by atoms with Crippen molar-refractivity contribution in [1.29, 1.82) is 0 Å². The van der Waals surface area contributed by atoms with E-state index in [9.17, 15) is 4.79 Å². The smallest absolute Gasteiger partial charge is 0.323 e. The quantitative estimate of drug-likeness (QED) is 0.687. The van der Waals surface area contributed by atoms with Crippen LogP contribution in [-0.2, 0) is 6.54 Å². The number of rotatable bonds is 4. The molecular weight excluding hydrogens is 268 g/mol. The lowest BCUT2D eigenvalue weighted by Crippen LogP contribution is -2.18. The molecule has 6 heteroatoms. The molecule has 1 unspecified atom stereocenters. The molecule has 0 aliphatic heterocycles. The molecule has 0 spiro atoms. The minimum Gasteiger partial charge on any atom is -0.361 e. The molecule has 0 saturated carbocycles. The van der Waals surface area contributed by atoms with E-state index in [1.807, 2.05) is 32.0 Å². The van der Waals surface area contributed by atoms with E-state index < -0.39 is 0 Å². The number of imidazole rings is 1. The first-order chi connectivity index (χ1) is 10.0. The van der Waals surface area contributed by atoms with Gasteiger partial charge in [0.15, 0.2) is 0 Å². The van der Waals surface area contributed by atoms with E-state index in [2.05, 4.69) is 27.4 Å². The van der Waals surface area contributed by atoms with Gasteiger partial charge in [0.1, 0.15) is 5.76 Å². The number of hydrogen-bond donors (Lipinski definition) is 3. The zero-order chi connectivity index (χ0) is 15.0. The van der Waals surface area contributed by atoms with Gasteiger partial charge < -0.3 is 19.8 Å². The minimum absolute atomic E-state index is 0.154. The van der Waals surface area contributed by atoms with Gasteiger partial charge in [-0.05, 0) is 38.5 Å². The van der Waals surface area contributed by atoms with Gasteiger partial charge in [-0.3, -0.25) is 0 Å². The molecule has 2 heterocycles. The van der Waals surface area contributed by atoms with Crippen molar-refractivity contribution in [3.63, 3.8) is 0 Å². The van der Waals surface area contributed by atoms with E-state index in [1.54, 1.807) is 0 Å². The monoisotopic (exact) mass is 286 g/mol. The Morgan fingerprint density at radius 2 is 2.05 bits per heavy atom. The van der Waals surface area contributed by atoms with E-state index >= 15 is 0 Å². The Morgan fingerprint density at radius 3 is 2.76 bits per heavy atom. The summed E-state index contributed by atoms with van der Waals surface area (Å²) < 4.78 is 5.16. The molecule has 1 aromatic carbocycles. The number of aryl methyl sites for hydroxylation is 2. The number of aromatic amines is 2. The molecule has 110 valence electrons. The highest BCUT2D eigenvalue weighted by Gasteiger charge is 2.12. The Bertz CT molecular complexity index is 808. The Morgan fingerprint density at radius 1 is 1.29 bits per heavy atom. The van der Waals surface area contributed by atoms with Crippen LogP contribution in [0.2, 0.25) is 0 Å². The lowest BCUT2D eigenvalue weighted by molar-refractivity contribution is 0.391. The van der Waals surface area contributed by atoms with E-state index in [4.69, 9.17) is 4.52 Å². The molecule has 1 atom stereocenters. The zero-order valence-electron chi connectivity index (χ0n) is 12.3. The lowest BCUT2D eigenvalue weighted by atomic mass is 10.1. The molecule has 6 nitrogen and oxygen atoms in total. The fourth-order valence-electron chi connectivity index (χ4n) is 2.45. The van der Waals surface area contributed by atoms with Gasteiger partial charge in [0, 0.05) is 18.2 Å². The van der Waals surface area contributed by atoms with Crippen LogP contribution in [0.25, 0.3) is 11.0 Å². The van der Waals surface area contributed by atoms with Crippen molar-refractivity contribution in [2.45, 2.75) is 33.4 Å². The van der Waals surface area contributed by atoms with Gasteiger partial charge in [-0.1, -0.05) is 11.2 Å². The van der Waals surface area contributed by atoms with Crippen molar-refractivity contribution in [3.05, 3.63) is 51.3 Å². The van der Waals surface area contributed by atoms with Crippen molar-refractivity contribution >= 4 is 11.0 Å². The molecule has 0 saturated heterocycles. The first kappa shape index (κ1) is 13.6. The Hall–Kier alpha value is -2.34. The number of fused-ring (bicyclic) bond motifs is 1. The van der Waals surface area contributed by atoms with Crippen molar-refractivity contribution < 1.29 is 4.52 Å². The zero-order valence-corrected chi connectivity index (χ0v) is 12.3. The Labute approximate surface area is 121 Å². The second-order valence-electron chi connectivity index (χ2n) is 5.29. The second-order valence-corrected chi connectivity index (χ2v) is 5.29. The Kier molecular flexibility index (Phi) is 3.39. The summed E-state index contributed by atoms with van der Waals surface area (Å²) in [6.07, 6.45) is 0. The summed E-state index contributed by atoms with van der Waals surface area (Å²) in [7, 11) is 0. The molecule has 3 rings (SSSR count). The van der Waals surface area contributed by atoms with Crippen molar-refractivity contribution in [2.24, 2.45) is 0 Å². The van der Waals surface area contributed by atoms with Gasteiger partial charge in [0.25, 0.3) is 0 Å². The molecule has 2 aromatic heterocycles. The normalized spacial score (nSPS) is 12.9. The van der Waals surface area contributed by atoms with Crippen LogP contribution >= 0.6 is 0 Å². The molecule has 0 bridgehead atoms. The summed E-state index contributed by atoms with van der Waals surface area (Å²) in [5.41, 5.74) is 4.59. The van der Waals surface area contributed by atoms with E-state index in [0.717, 1.165) is 33.6 Å². The van der Waals surface area contributed by atoms with Gasteiger partial charge in [-0.25, -0.2) is 4.79 Å². The Balaban J connectivity index is 1.77. The average molecular weight is 286 g/mol. The summed E-state index contributed by atoms with van der Waals surface area (Å²) in [6, 6.07) is 6.06. The first-order valence-electron chi connectivity index (χ1n) is 6.91. The van der Waals surface area contributed by atoms with Crippen LogP contribution in [-0.4, -0.2) is 15.1 Å². The molecule has 0 radical (unpaired) electrons. The number of hydrogen-bond acceptors (Lipinski definition) is 4. The number of nitrogens with one attached hydrogen (secondary N) is 3. The summed E-state index contributed by atoms with van der Waals surface area (Å²) >= 11 is 0. The van der Waals surface area contributed by atoms with E-state index in [1.165, 1.54) is 0 Å². The standard InChI is InChI=1S/C15H18N4O2/c1-8(16-7-12-9(2)19-21-10(12)3)11-4-5-13-14(6-11)18-15(20)17-13/h4-6,8,16H,7H2,1-3H3,(H2,17,18,20). The summed E-state index contributed by atoms with van der Waals surface area (Å²) in [4.78, 5) is 16.8. The number of H-pyrrole nitrogens is 2. The van der Waals surface area contributed by atoms with Crippen molar-refractivity contribution in [3.8, 4) is 0 Å². The predicted octanol–water partition coefficient (Wildman–Crippen LogP) is 2.31. The third kappa shape index (κ3) is 2.62. The van der Waals surface area contributed by atoms with Crippen LogP contribution in [0.3, 0.4) is 0 Å². The van der Waals surface area contributed by atoms with Gasteiger partial charge in [0.05, 0.1) is 16.7 Å². The van der Waals surface area contributed by atoms with Crippen molar-refractivity contribution in [2.75, 3.05) is 0 Å². The average Bonchev–Trinajstić information content (AvgIpc) is 2.97. The molecular formula is C15H18N4O2. The lowest BCUT2D eigenvalue weighted by Gasteiger charge is -2.14. The summed E-state index contributed by atoms with van der Waals surface area (Å²) in [6.45, 7) is 6.64. The summed E-state index contributed by atoms with van der Waals surface area (Å²) in [5, 5.41) is 7.40. The maximum atomic E-state index is 11.3. The van der Waals surface area contributed by atoms with Gasteiger partial charge in [-0.15, -0.1) is 0 Å². The fraction of sp³-hybridized carbons (Fsp3) is 0.333. The third-order valence-electron chi connectivity index (χ3n) is 3.81. The maximum Gasteiger partial charge on any atom is 0.323 e. The van der Waals surface area contributed by atoms with E-state index in [-0.39, 0.29) is 11.7 Å². The molecule has 3 aromatic rings. The van der Waals surface area contributed by atoms with Gasteiger partial charge in [-0.2, -0.15) is 0 Å². The minimum atomic E-state index is -0.182. The third-order valence-corrected chi connectivity index (χ3v) is 3.81. The highest BCUT2D eigenvalue weighted by Crippen LogP contribution is 2.19. The van der Waals surface area contributed by atoms with Gasteiger partial charge >= 0.3 is 5.69 Å². The van der Waals surface area contributed by atoms with Crippen LogP contribution in [0.5, 0.6) is 0 Å². The van der Waals surface area contributed by atoms with Crippen LogP contribution in [0.15, 0.2) is 27.5 Å². The van der Waals surface area contributed by atoms with Crippen LogP contribution < -0.4 is 11.0 Å². The number of benzene rings is 1. The van der Waals surface area contributed by atoms with Gasteiger partial charge in [0.2, 0.25) is 0 Å². The summed E-state index contributed by atoms with van der Waals surface area (Å²) in [5.74, 6) is 0.845. The molecule has 0 aliphatic rings. The number of aromatic nitrogens is 3. The molecule has 3 N–H and O–H groups in total. The topological polar surface area (TPSA) is 86.7 Å². The van der Waals surface area contributed by atoms with Crippen molar-refractivity contribution in [1.82, 2.24) is 20.4 Å². The van der Waals surface area contributed by atoms with E-state index in [0.29, 0.717) is 6.54 Å². The first-order valence-corrected chi connectivity index (χ1v) is 6.91. The highest BCUT2D eigenvalue weighted by molar-refractivity contribution is 5.75. The highest BCUT2D eigenvalue weighted by atomic mass is 16.5. The van der Waals surface area contributed by atoms with Crippen LogP contribution in [0.1, 0.15) is 35.5 Å². The number of nitrogens with zero attached hydrogens (tertiary/aromatic N) is 1. The predicted molar refractivity (Wildman–Crippen MR) is 80.2 cm³/mol. The molecule has 0 aliphatic carbocycles. The van der Waals surface area contributed by atoms with Crippen LogP contribution in [0, 0.1) is 13.8 Å². The van der Waals surface area contributed by atoms with Crippen LogP contribution in [0.4, 0.5) is 0 Å². The fourth-order valence-corrected chi connectivity index (χ4v) is 2.45. The largest absolute Gasteiger partial charge is 0.361 e. The maximum absolute atomic E-state index is 11.3. The molecule has 0 fully saturated rings. The second kappa shape index (κ2) is 5.21.